The first-order chi connectivity index (χ1) is 11.7. The Bertz CT molecular complexity index is 819. The van der Waals surface area contributed by atoms with E-state index in [4.69, 9.17) is 10.9 Å². The van der Waals surface area contributed by atoms with Gasteiger partial charge in [0, 0.05) is 19.7 Å². The van der Waals surface area contributed by atoms with Gasteiger partial charge in [0.25, 0.3) is 15.9 Å². The number of nitrogens with two attached hydrogens (primary N) is 1. The van der Waals surface area contributed by atoms with Crippen molar-refractivity contribution >= 4 is 21.9 Å². The minimum atomic E-state index is -3.71. The molecule has 0 aliphatic heterocycles. The zero-order valence-electron chi connectivity index (χ0n) is 13.7. The summed E-state index contributed by atoms with van der Waals surface area (Å²) in [7, 11) is -0.215. The van der Waals surface area contributed by atoms with E-state index in [0.717, 1.165) is 5.56 Å². The number of aromatic carboxylic acids is 1. The Labute approximate surface area is 145 Å². The molecule has 8 nitrogen and oxygen atoms in total. The summed E-state index contributed by atoms with van der Waals surface area (Å²) in [5.74, 6) is 3.71. The van der Waals surface area contributed by atoms with Crippen molar-refractivity contribution in [2.24, 2.45) is 5.84 Å². The number of carboxylic acid groups (broad SMARTS) is 1. The average molecular weight is 365 g/mol. The highest BCUT2D eigenvalue weighted by Crippen LogP contribution is 2.09. The molecule has 0 bridgehead atoms. The first-order valence-electron chi connectivity index (χ1n) is 7.01. The van der Waals surface area contributed by atoms with Gasteiger partial charge in [-0.25, -0.2) is 13.2 Å². The third-order valence-corrected chi connectivity index (χ3v) is 4.20. The molecule has 9 heteroatoms. The summed E-state index contributed by atoms with van der Waals surface area (Å²) in [4.78, 5) is 24.8. The van der Waals surface area contributed by atoms with Crippen molar-refractivity contribution in [3.63, 3.8) is 0 Å². The van der Waals surface area contributed by atoms with Crippen LogP contribution in [0.15, 0.2) is 59.5 Å². The molecule has 0 saturated heterocycles. The first kappa shape index (κ1) is 20.3. The normalized spacial score (nSPS) is 10.4. The molecule has 4 N–H and O–H groups in total. The van der Waals surface area contributed by atoms with Crippen molar-refractivity contribution < 1.29 is 23.1 Å². The number of rotatable bonds is 4. The Kier molecular flexibility index (Phi) is 7.24. The van der Waals surface area contributed by atoms with E-state index in [-0.39, 0.29) is 16.4 Å². The predicted octanol–water partition coefficient (Wildman–Crippen LogP) is 0.925. The molecule has 1 amide bonds. The van der Waals surface area contributed by atoms with E-state index < -0.39 is 16.0 Å². The third-order valence-electron chi connectivity index (χ3n) is 2.99. The number of nitrogens with one attached hydrogen (secondary N) is 1. The maximum Gasteiger partial charge on any atom is 0.335 e. The number of nitrogens with zero attached hydrogens (tertiary/aromatic N) is 1. The second-order valence-corrected chi connectivity index (χ2v) is 6.73. The lowest BCUT2D eigenvalue weighted by Crippen LogP contribution is -2.30. The van der Waals surface area contributed by atoms with Gasteiger partial charge >= 0.3 is 5.97 Å². The zero-order chi connectivity index (χ0) is 19.0. The number of sulfonamides is 1. The average Bonchev–Trinajstić information content (AvgIpc) is 2.62. The van der Waals surface area contributed by atoms with Crippen LogP contribution in [0.4, 0.5) is 0 Å². The lowest BCUT2D eigenvalue weighted by molar-refractivity contribution is 0.0696. The lowest BCUT2D eigenvalue weighted by atomic mass is 10.2. The number of carbonyl (C=O) groups is 2. The lowest BCUT2D eigenvalue weighted by Gasteiger charge is -2.08. The van der Waals surface area contributed by atoms with E-state index in [1.165, 1.54) is 24.3 Å². The fraction of sp³-hybridized carbons (Fsp3) is 0.125. The van der Waals surface area contributed by atoms with Gasteiger partial charge in [0.15, 0.2) is 0 Å². The monoisotopic (exact) mass is 365 g/mol. The molecule has 25 heavy (non-hydrogen) atoms. The number of amides is 1. The topological polar surface area (TPSA) is 130 Å². The Hall–Kier alpha value is -2.75. The summed E-state index contributed by atoms with van der Waals surface area (Å²) in [6, 6.07) is 13.9. The van der Waals surface area contributed by atoms with Crippen LogP contribution in [-0.2, 0) is 10.0 Å². The third kappa shape index (κ3) is 5.99. The van der Waals surface area contributed by atoms with Gasteiger partial charge < -0.3 is 10.0 Å². The van der Waals surface area contributed by atoms with Gasteiger partial charge in [-0.2, -0.15) is 4.83 Å². The summed E-state index contributed by atoms with van der Waals surface area (Å²) < 4.78 is 22.2. The molecule has 0 unspecified atom stereocenters. The van der Waals surface area contributed by atoms with Crippen molar-refractivity contribution in [1.29, 1.82) is 0 Å². The molecule has 134 valence electrons. The highest BCUT2D eigenvalue weighted by Gasteiger charge is 2.12. The standard InChI is InChI=1S/C9H11NO.C7H8N2O4S/c1-10(2)9(11)8-6-4-3-5-7-8;8-9-14(12,13)6-3-1-5(2-4-6)7(10)11/h3-7H,1-2H3;1-4,9H,8H2,(H,10,11). The van der Waals surface area contributed by atoms with Crippen LogP contribution in [0.5, 0.6) is 0 Å². The van der Waals surface area contributed by atoms with Crippen LogP contribution >= 0.6 is 0 Å². The largest absolute Gasteiger partial charge is 0.478 e. The summed E-state index contributed by atoms with van der Waals surface area (Å²) >= 11 is 0. The predicted molar refractivity (Wildman–Crippen MR) is 92.4 cm³/mol. The maximum atomic E-state index is 11.3. The smallest absolute Gasteiger partial charge is 0.335 e. The highest BCUT2D eigenvalue weighted by atomic mass is 32.2. The second kappa shape index (κ2) is 8.92. The molecular weight excluding hydrogens is 346 g/mol. The van der Waals surface area contributed by atoms with Gasteiger partial charge in [0.1, 0.15) is 0 Å². The van der Waals surface area contributed by atoms with Crippen LogP contribution in [0.25, 0.3) is 0 Å². The molecule has 0 aliphatic carbocycles. The van der Waals surface area contributed by atoms with Crippen LogP contribution in [0.1, 0.15) is 20.7 Å². The van der Waals surface area contributed by atoms with Crippen molar-refractivity contribution in [2.45, 2.75) is 4.90 Å². The Morgan fingerprint density at radius 2 is 1.48 bits per heavy atom. The van der Waals surface area contributed by atoms with Crippen molar-refractivity contribution in [2.75, 3.05) is 14.1 Å². The zero-order valence-corrected chi connectivity index (χ0v) is 14.5. The van der Waals surface area contributed by atoms with Crippen molar-refractivity contribution in [3.05, 3.63) is 65.7 Å². The summed E-state index contributed by atoms with van der Waals surface area (Å²) in [5, 5.41) is 8.55. The second-order valence-electron chi connectivity index (χ2n) is 5.02. The molecule has 0 fully saturated rings. The van der Waals surface area contributed by atoms with Crippen LogP contribution in [0.3, 0.4) is 0 Å². The fourth-order valence-corrected chi connectivity index (χ4v) is 2.31. The van der Waals surface area contributed by atoms with Crippen LogP contribution in [0, 0.1) is 0 Å². The molecule has 0 aliphatic rings. The molecule has 2 rings (SSSR count). The first-order valence-corrected chi connectivity index (χ1v) is 8.50. The van der Waals surface area contributed by atoms with Crippen LogP contribution in [-0.4, -0.2) is 44.4 Å². The molecular formula is C16H19N3O5S. The quantitative estimate of drug-likeness (QED) is 0.546. The van der Waals surface area contributed by atoms with E-state index in [9.17, 15) is 18.0 Å². The number of hydrogen-bond donors (Lipinski definition) is 3. The number of hydrazine groups is 1. The van der Waals surface area contributed by atoms with Crippen LogP contribution in [0.2, 0.25) is 0 Å². The SMILES string of the molecule is CN(C)C(=O)c1ccccc1.NNS(=O)(=O)c1ccc(C(=O)O)cc1. The highest BCUT2D eigenvalue weighted by molar-refractivity contribution is 7.89. The minimum absolute atomic E-state index is 0.0148. The number of hydrogen-bond acceptors (Lipinski definition) is 5. The van der Waals surface area contributed by atoms with E-state index in [1.54, 1.807) is 23.8 Å². The molecule has 2 aromatic carbocycles. The Morgan fingerprint density at radius 1 is 0.960 bits per heavy atom. The van der Waals surface area contributed by atoms with Gasteiger partial charge in [-0.05, 0) is 36.4 Å². The number of carboxylic acids is 1. The maximum absolute atomic E-state index is 11.3. The van der Waals surface area contributed by atoms with Crippen molar-refractivity contribution in [3.8, 4) is 0 Å². The van der Waals surface area contributed by atoms with E-state index in [0.29, 0.717) is 0 Å². The summed E-state index contributed by atoms with van der Waals surface area (Å²) in [6.07, 6.45) is 0. The molecule has 0 atom stereocenters. The molecule has 0 spiro atoms. The molecule has 0 radical (unpaired) electrons. The van der Waals surface area contributed by atoms with Crippen molar-refractivity contribution in [1.82, 2.24) is 9.73 Å². The van der Waals surface area contributed by atoms with Crippen LogP contribution < -0.4 is 10.7 Å². The van der Waals surface area contributed by atoms with Gasteiger partial charge in [-0.3, -0.25) is 10.6 Å². The van der Waals surface area contributed by atoms with E-state index in [1.807, 2.05) is 30.3 Å². The molecule has 0 aromatic heterocycles. The summed E-state index contributed by atoms with van der Waals surface area (Å²) in [6.45, 7) is 0. The molecule has 0 saturated carbocycles. The van der Waals surface area contributed by atoms with Gasteiger partial charge in [0.05, 0.1) is 10.5 Å². The van der Waals surface area contributed by atoms with Gasteiger partial charge in [0.2, 0.25) is 0 Å². The summed E-state index contributed by atoms with van der Waals surface area (Å²) in [5.41, 5.74) is 0.749. The minimum Gasteiger partial charge on any atom is -0.478 e. The number of carbonyl (C=O) groups excluding carboxylic acids is 1. The van der Waals surface area contributed by atoms with E-state index >= 15 is 0 Å². The van der Waals surface area contributed by atoms with Gasteiger partial charge in [-0.1, -0.05) is 18.2 Å². The Morgan fingerprint density at radius 3 is 1.88 bits per heavy atom. The number of benzene rings is 2. The molecule has 2 aromatic rings. The fourth-order valence-electron chi connectivity index (χ4n) is 1.68. The van der Waals surface area contributed by atoms with E-state index in [2.05, 4.69) is 0 Å². The Balaban J connectivity index is 0.000000257. The van der Waals surface area contributed by atoms with Gasteiger partial charge in [-0.15, -0.1) is 0 Å². The molecule has 0 heterocycles.